The molecule has 1 aromatic rings. The van der Waals surface area contributed by atoms with Crippen LogP contribution in [0.15, 0.2) is 24.3 Å². The zero-order valence-electron chi connectivity index (χ0n) is 10.6. The van der Waals surface area contributed by atoms with Crippen molar-refractivity contribution >= 4 is 0 Å². The maximum absolute atomic E-state index is 13.3. The standard InChI is InChI=1S/C14H21FN2/c1-3-14(11-6-5-7-12(15)8-11)17(4-2)13-9-16-10-13/h5-8,13-14,16H,3-4,9-10H2,1-2H3. The topological polar surface area (TPSA) is 15.3 Å². The van der Waals surface area contributed by atoms with Gasteiger partial charge in [0, 0.05) is 25.2 Å². The van der Waals surface area contributed by atoms with E-state index >= 15 is 0 Å². The fraction of sp³-hybridized carbons (Fsp3) is 0.571. The van der Waals surface area contributed by atoms with E-state index in [2.05, 4.69) is 24.1 Å². The van der Waals surface area contributed by atoms with Crippen LogP contribution in [-0.4, -0.2) is 30.6 Å². The molecule has 1 fully saturated rings. The van der Waals surface area contributed by atoms with Crippen LogP contribution < -0.4 is 5.32 Å². The van der Waals surface area contributed by atoms with Crippen LogP contribution in [0.25, 0.3) is 0 Å². The van der Waals surface area contributed by atoms with E-state index in [0.717, 1.165) is 31.6 Å². The molecule has 0 spiro atoms. The highest BCUT2D eigenvalue weighted by Gasteiger charge is 2.29. The summed E-state index contributed by atoms with van der Waals surface area (Å²) in [5.41, 5.74) is 1.10. The van der Waals surface area contributed by atoms with E-state index in [9.17, 15) is 4.39 Å². The Morgan fingerprint density at radius 1 is 1.41 bits per heavy atom. The Kier molecular flexibility index (Phi) is 4.13. The summed E-state index contributed by atoms with van der Waals surface area (Å²) >= 11 is 0. The van der Waals surface area contributed by atoms with Crippen molar-refractivity contribution in [3.05, 3.63) is 35.6 Å². The number of rotatable bonds is 5. The number of hydrogen-bond acceptors (Lipinski definition) is 2. The molecule has 1 aromatic carbocycles. The van der Waals surface area contributed by atoms with Crippen molar-refractivity contribution in [2.75, 3.05) is 19.6 Å². The van der Waals surface area contributed by atoms with Gasteiger partial charge in [0.1, 0.15) is 5.82 Å². The van der Waals surface area contributed by atoms with Crippen LogP contribution >= 0.6 is 0 Å². The molecule has 2 nitrogen and oxygen atoms in total. The molecular formula is C14H21FN2. The normalized spacial score (nSPS) is 18.1. The minimum Gasteiger partial charge on any atom is -0.314 e. The van der Waals surface area contributed by atoms with Gasteiger partial charge in [-0.15, -0.1) is 0 Å². The van der Waals surface area contributed by atoms with Crippen LogP contribution in [0.4, 0.5) is 4.39 Å². The monoisotopic (exact) mass is 236 g/mol. The van der Waals surface area contributed by atoms with Gasteiger partial charge in [0.2, 0.25) is 0 Å². The SMILES string of the molecule is CCC(c1cccc(F)c1)N(CC)C1CNC1. The summed E-state index contributed by atoms with van der Waals surface area (Å²) in [4.78, 5) is 2.48. The van der Waals surface area contributed by atoms with Gasteiger partial charge >= 0.3 is 0 Å². The third-order valence-corrected chi connectivity index (χ3v) is 3.61. The van der Waals surface area contributed by atoms with Crippen LogP contribution in [0.5, 0.6) is 0 Å². The lowest BCUT2D eigenvalue weighted by molar-refractivity contribution is 0.0979. The maximum Gasteiger partial charge on any atom is 0.123 e. The van der Waals surface area contributed by atoms with Crippen LogP contribution in [0, 0.1) is 5.82 Å². The first-order valence-electron chi connectivity index (χ1n) is 6.48. The van der Waals surface area contributed by atoms with Crippen LogP contribution in [-0.2, 0) is 0 Å². The summed E-state index contributed by atoms with van der Waals surface area (Å²) in [6.07, 6.45) is 1.02. The molecule has 0 radical (unpaired) electrons. The van der Waals surface area contributed by atoms with Gasteiger partial charge in [-0.1, -0.05) is 26.0 Å². The number of benzene rings is 1. The van der Waals surface area contributed by atoms with E-state index in [1.54, 1.807) is 12.1 Å². The lowest BCUT2D eigenvalue weighted by Gasteiger charge is -2.42. The Bertz CT molecular complexity index is 363. The molecule has 1 aliphatic heterocycles. The van der Waals surface area contributed by atoms with Crippen LogP contribution in [0.1, 0.15) is 31.9 Å². The van der Waals surface area contributed by atoms with E-state index in [4.69, 9.17) is 0 Å². The van der Waals surface area contributed by atoms with E-state index in [0.29, 0.717) is 12.1 Å². The molecule has 1 aliphatic rings. The van der Waals surface area contributed by atoms with E-state index in [1.165, 1.54) is 6.07 Å². The summed E-state index contributed by atoms with van der Waals surface area (Å²) in [6.45, 7) is 7.48. The molecule has 94 valence electrons. The Balaban J connectivity index is 2.18. The molecule has 0 amide bonds. The first-order chi connectivity index (χ1) is 8.26. The maximum atomic E-state index is 13.3. The van der Waals surface area contributed by atoms with Crippen LogP contribution in [0.3, 0.4) is 0 Å². The van der Waals surface area contributed by atoms with Gasteiger partial charge in [-0.05, 0) is 30.7 Å². The molecule has 0 aliphatic carbocycles. The highest BCUT2D eigenvalue weighted by Crippen LogP contribution is 2.27. The number of likely N-dealkylation sites (N-methyl/N-ethyl adjacent to an activating group) is 1. The Labute approximate surface area is 103 Å². The minimum atomic E-state index is -0.135. The van der Waals surface area contributed by atoms with Crippen molar-refractivity contribution in [3.8, 4) is 0 Å². The summed E-state index contributed by atoms with van der Waals surface area (Å²) in [5, 5.41) is 3.30. The Hall–Kier alpha value is -0.930. The van der Waals surface area contributed by atoms with Crippen LogP contribution in [0.2, 0.25) is 0 Å². The van der Waals surface area contributed by atoms with Crippen molar-refractivity contribution < 1.29 is 4.39 Å². The van der Waals surface area contributed by atoms with Gasteiger partial charge in [-0.3, -0.25) is 4.90 Å². The lowest BCUT2D eigenvalue weighted by atomic mass is 9.99. The molecule has 3 heteroatoms. The van der Waals surface area contributed by atoms with Gasteiger partial charge < -0.3 is 5.32 Å². The molecule has 0 aromatic heterocycles. The average Bonchev–Trinajstić information content (AvgIpc) is 2.26. The Morgan fingerprint density at radius 2 is 2.18 bits per heavy atom. The summed E-state index contributed by atoms with van der Waals surface area (Å²) in [7, 11) is 0. The fourth-order valence-electron chi connectivity index (χ4n) is 2.62. The smallest absolute Gasteiger partial charge is 0.123 e. The average molecular weight is 236 g/mol. The first kappa shape index (κ1) is 12.5. The third kappa shape index (κ3) is 2.67. The first-order valence-corrected chi connectivity index (χ1v) is 6.48. The van der Waals surface area contributed by atoms with Crippen molar-refractivity contribution in [3.63, 3.8) is 0 Å². The second-order valence-electron chi connectivity index (χ2n) is 4.62. The minimum absolute atomic E-state index is 0.135. The van der Waals surface area contributed by atoms with Crippen molar-refractivity contribution in [1.29, 1.82) is 0 Å². The van der Waals surface area contributed by atoms with E-state index < -0.39 is 0 Å². The zero-order valence-corrected chi connectivity index (χ0v) is 10.6. The van der Waals surface area contributed by atoms with Gasteiger partial charge in [0.25, 0.3) is 0 Å². The zero-order chi connectivity index (χ0) is 12.3. The number of nitrogens with one attached hydrogen (secondary N) is 1. The molecule has 1 saturated heterocycles. The molecule has 1 N–H and O–H groups in total. The van der Waals surface area contributed by atoms with E-state index in [1.807, 2.05) is 6.07 Å². The quantitative estimate of drug-likeness (QED) is 0.845. The molecule has 17 heavy (non-hydrogen) atoms. The largest absolute Gasteiger partial charge is 0.314 e. The molecule has 0 bridgehead atoms. The van der Waals surface area contributed by atoms with Gasteiger partial charge in [0.05, 0.1) is 0 Å². The van der Waals surface area contributed by atoms with E-state index in [-0.39, 0.29) is 5.82 Å². The predicted octanol–water partition coefficient (Wildman–Crippen LogP) is 2.57. The second kappa shape index (κ2) is 5.61. The lowest BCUT2D eigenvalue weighted by Crippen LogP contribution is -2.57. The summed E-state index contributed by atoms with van der Waals surface area (Å²) < 4.78 is 13.3. The molecule has 0 saturated carbocycles. The second-order valence-corrected chi connectivity index (χ2v) is 4.62. The molecular weight excluding hydrogens is 215 g/mol. The number of halogens is 1. The van der Waals surface area contributed by atoms with Crippen molar-refractivity contribution in [2.45, 2.75) is 32.4 Å². The van der Waals surface area contributed by atoms with Gasteiger partial charge in [-0.2, -0.15) is 0 Å². The molecule has 1 heterocycles. The predicted molar refractivity (Wildman–Crippen MR) is 68.5 cm³/mol. The molecule has 1 atom stereocenters. The van der Waals surface area contributed by atoms with Crippen molar-refractivity contribution in [1.82, 2.24) is 10.2 Å². The number of nitrogens with zero attached hydrogens (tertiary/aromatic N) is 1. The summed E-state index contributed by atoms with van der Waals surface area (Å²) in [5.74, 6) is -0.135. The number of hydrogen-bond donors (Lipinski definition) is 1. The highest BCUT2D eigenvalue weighted by atomic mass is 19.1. The molecule has 1 unspecified atom stereocenters. The third-order valence-electron chi connectivity index (χ3n) is 3.61. The molecule has 2 rings (SSSR count). The highest BCUT2D eigenvalue weighted by molar-refractivity contribution is 5.20. The Morgan fingerprint density at radius 3 is 2.65 bits per heavy atom. The van der Waals surface area contributed by atoms with Gasteiger partial charge in [0.15, 0.2) is 0 Å². The van der Waals surface area contributed by atoms with Gasteiger partial charge in [-0.25, -0.2) is 4.39 Å². The fourth-order valence-corrected chi connectivity index (χ4v) is 2.62. The summed E-state index contributed by atoms with van der Waals surface area (Å²) in [6, 6.07) is 7.96. The van der Waals surface area contributed by atoms with Crippen molar-refractivity contribution in [2.24, 2.45) is 0 Å².